The van der Waals surface area contributed by atoms with Gasteiger partial charge in [0.1, 0.15) is 0 Å². The largest absolute Gasteiger partial charge is 0.493 e. The second-order valence-electron chi connectivity index (χ2n) is 4.68. The third kappa shape index (κ3) is 4.13. The molecule has 2 rings (SSSR count). The van der Waals surface area contributed by atoms with Gasteiger partial charge in [-0.3, -0.25) is 4.79 Å². The molecular formula is C17H18INO3. The van der Waals surface area contributed by atoms with Crippen molar-refractivity contribution >= 4 is 34.2 Å². The summed E-state index contributed by atoms with van der Waals surface area (Å²) in [4.78, 5) is 12.1. The Kier molecular flexibility index (Phi) is 6.06. The Bertz CT molecular complexity index is 658. The Morgan fingerprint density at radius 1 is 1.09 bits per heavy atom. The monoisotopic (exact) mass is 411 g/mol. The summed E-state index contributed by atoms with van der Waals surface area (Å²) in [5.74, 6) is 1.35. The molecule has 0 radical (unpaired) electrons. The lowest BCUT2D eigenvalue weighted by Crippen LogP contribution is -2.13. The van der Waals surface area contributed by atoms with Crippen LogP contribution in [0, 0.1) is 3.57 Å². The fraction of sp³-hybridized carbons (Fsp3) is 0.235. The van der Waals surface area contributed by atoms with Crippen LogP contribution in [0.3, 0.4) is 0 Å². The molecule has 4 nitrogen and oxygen atoms in total. The highest BCUT2D eigenvalue weighted by Gasteiger charge is 2.11. The van der Waals surface area contributed by atoms with Gasteiger partial charge in [-0.25, -0.2) is 0 Å². The number of para-hydroxylation sites is 2. The molecule has 2 aromatic carbocycles. The highest BCUT2D eigenvalue weighted by atomic mass is 127. The van der Waals surface area contributed by atoms with E-state index in [1.54, 1.807) is 14.2 Å². The molecular weight excluding hydrogens is 393 g/mol. The third-order valence-electron chi connectivity index (χ3n) is 3.25. The second-order valence-corrected chi connectivity index (χ2v) is 5.84. The van der Waals surface area contributed by atoms with Crippen LogP contribution in [0.2, 0.25) is 0 Å². The van der Waals surface area contributed by atoms with Crippen molar-refractivity contribution in [3.8, 4) is 11.5 Å². The highest BCUT2D eigenvalue weighted by molar-refractivity contribution is 14.1. The number of methoxy groups -OCH3 is 2. The van der Waals surface area contributed by atoms with Gasteiger partial charge in [-0.2, -0.15) is 0 Å². The van der Waals surface area contributed by atoms with E-state index < -0.39 is 0 Å². The lowest BCUT2D eigenvalue weighted by molar-refractivity contribution is -0.116. The van der Waals surface area contributed by atoms with Crippen LogP contribution in [0.5, 0.6) is 11.5 Å². The zero-order chi connectivity index (χ0) is 15.9. The molecule has 5 heteroatoms. The maximum Gasteiger partial charge on any atom is 0.224 e. The van der Waals surface area contributed by atoms with Crippen LogP contribution in [-0.4, -0.2) is 20.1 Å². The molecule has 0 spiro atoms. The van der Waals surface area contributed by atoms with Crippen molar-refractivity contribution in [3.05, 3.63) is 51.6 Å². The van der Waals surface area contributed by atoms with Crippen LogP contribution in [0.25, 0.3) is 0 Å². The number of anilines is 1. The lowest BCUT2D eigenvalue weighted by atomic mass is 10.1. The van der Waals surface area contributed by atoms with E-state index in [4.69, 9.17) is 9.47 Å². The summed E-state index contributed by atoms with van der Waals surface area (Å²) in [5.41, 5.74) is 1.80. The van der Waals surface area contributed by atoms with E-state index in [9.17, 15) is 4.79 Å². The van der Waals surface area contributed by atoms with E-state index in [1.165, 1.54) is 0 Å². The SMILES string of the molecule is COc1cccc(CCC(=O)Nc2ccccc2I)c1OC. The summed E-state index contributed by atoms with van der Waals surface area (Å²) >= 11 is 2.20. The van der Waals surface area contributed by atoms with Gasteiger partial charge in [-0.1, -0.05) is 24.3 Å². The Morgan fingerprint density at radius 3 is 2.55 bits per heavy atom. The first-order valence-electron chi connectivity index (χ1n) is 6.90. The number of benzene rings is 2. The third-order valence-corrected chi connectivity index (χ3v) is 4.19. The summed E-state index contributed by atoms with van der Waals surface area (Å²) in [6, 6.07) is 13.4. The number of carbonyl (C=O) groups is 1. The number of hydrogen-bond acceptors (Lipinski definition) is 3. The van der Waals surface area contributed by atoms with Crippen molar-refractivity contribution in [2.75, 3.05) is 19.5 Å². The number of halogens is 1. The molecule has 0 saturated carbocycles. The second kappa shape index (κ2) is 8.03. The average molecular weight is 411 g/mol. The van der Waals surface area contributed by atoms with Crippen molar-refractivity contribution in [1.29, 1.82) is 0 Å². The number of rotatable bonds is 6. The quantitative estimate of drug-likeness (QED) is 0.735. The minimum Gasteiger partial charge on any atom is -0.493 e. The maximum atomic E-state index is 12.1. The maximum absolute atomic E-state index is 12.1. The number of ether oxygens (including phenoxy) is 2. The van der Waals surface area contributed by atoms with Crippen LogP contribution in [0.1, 0.15) is 12.0 Å². The fourth-order valence-electron chi connectivity index (χ4n) is 2.17. The number of carbonyl (C=O) groups excluding carboxylic acids is 1. The number of aryl methyl sites for hydroxylation is 1. The van der Waals surface area contributed by atoms with Crippen molar-refractivity contribution in [1.82, 2.24) is 0 Å². The minimum atomic E-state index is -0.0195. The van der Waals surface area contributed by atoms with Gasteiger partial charge in [0.05, 0.1) is 19.9 Å². The van der Waals surface area contributed by atoms with Crippen molar-refractivity contribution in [2.45, 2.75) is 12.8 Å². The van der Waals surface area contributed by atoms with Crippen molar-refractivity contribution in [3.63, 3.8) is 0 Å². The Hall–Kier alpha value is -1.76. The number of hydrogen-bond donors (Lipinski definition) is 1. The van der Waals surface area contributed by atoms with Gasteiger partial charge >= 0.3 is 0 Å². The molecule has 0 unspecified atom stereocenters. The van der Waals surface area contributed by atoms with Gasteiger partial charge in [-0.15, -0.1) is 0 Å². The van der Waals surface area contributed by atoms with Gasteiger partial charge in [-0.05, 0) is 52.8 Å². The molecule has 0 atom stereocenters. The van der Waals surface area contributed by atoms with Crippen LogP contribution in [0.4, 0.5) is 5.69 Å². The number of nitrogens with one attached hydrogen (secondary N) is 1. The molecule has 0 aliphatic carbocycles. The minimum absolute atomic E-state index is 0.0195. The fourth-order valence-corrected chi connectivity index (χ4v) is 2.70. The Balaban J connectivity index is 2.01. The molecule has 0 aliphatic heterocycles. The van der Waals surface area contributed by atoms with E-state index in [2.05, 4.69) is 27.9 Å². The molecule has 116 valence electrons. The van der Waals surface area contributed by atoms with E-state index in [0.717, 1.165) is 14.8 Å². The normalized spacial score (nSPS) is 10.1. The molecule has 1 N–H and O–H groups in total. The van der Waals surface area contributed by atoms with Gasteiger partial charge < -0.3 is 14.8 Å². The van der Waals surface area contributed by atoms with E-state index >= 15 is 0 Å². The standard InChI is InChI=1S/C17H18INO3/c1-21-15-9-5-6-12(17(15)22-2)10-11-16(20)19-14-8-4-3-7-13(14)18/h3-9H,10-11H2,1-2H3,(H,19,20). The van der Waals surface area contributed by atoms with Gasteiger partial charge in [0.15, 0.2) is 11.5 Å². The summed E-state index contributed by atoms with van der Waals surface area (Å²) in [7, 11) is 3.21. The van der Waals surface area contributed by atoms with Crippen LogP contribution >= 0.6 is 22.6 Å². The van der Waals surface area contributed by atoms with Gasteiger partial charge in [0, 0.05) is 9.99 Å². The van der Waals surface area contributed by atoms with Crippen molar-refractivity contribution in [2.24, 2.45) is 0 Å². The molecule has 0 fully saturated rings. The summed E-state index contributed by atoms with van der Waals surface area (Å²) < 4.78 is 11.7. The zero-order valence-corrected chi connectivity index (χ0v) is 14.7. The molecule has 1 amide bonds. The summed E-state index contributed by atoms with van der Waals surface area (Å²) in [6.07, 6.45) is 0.976. The Labute approximate surface area is 144 Å². The van der Waals surface area contributed by atoms with Gasteiger partial charge in [0.25, 0.3) is 0 Å². The topological polar surface area (TPSA) is 47.6 Å². The zero-order valence-electron chi connectivity index (χ0n) is 12.6. The van der Waals surface area contributed by atoms with E-state index in [1.807, 2.05) is 42.5 Å². The molecule has 0 aromatic heterocycles. The smallest absolute Gasteiger partial charge is 0.224 e. The number of amides is 1. The van der Waals surface area contributed by atoms with Gasteiger partial charge in [0.2, 0.25) is 5.91 Å². The predicted octanol–water partition coefficient (Wildman–Crippen LogP) is 3.88. The first-order valence-corrected chi connectivity index (χ1v) is 7.98. The van der Waals surface area contributed by atoms with Crippen molar-refractivity contribution < 1.29 is 14.3 Å². The molecule has 0 aliphatic rings. The molecule has 0 bridgehead atoms. The van der Waals surface area contributed by atoms with Crippen LogP contribution < -0.4 is 14.8 Å². The summed E-state index contributed by atoms with van der Waals surface area (Å²) in [6.45, 7) is 0. The first-order chi connectivity index (χ1) is 10.7. The average Bonchev–Trinajstić information content (AvgIpc) is 2.54. The molecule has 0 heterocycles. The lowest BCUT2D eigenvalue weighted by Gasteiger charge is -2.12. The predicted molar refractivity (Wildman–Crippen MR) is 95.7 cm³/mol. The molecule has 0 saturated heterocycles. The summed E-state index contributed by atoms with van der Waals surface area (Å²) in [5, 5.41) is 2.93. The molecule has 2 aromatic rings. The van der Waals surface area contributed by atoms with E-state index in [0.29, 0.717) is 24.3 Å². The highest BCUT2D eigenvalue weighted by Crippen LogP contribution is 2.31. The first kappa shape index (κ1) is 16.6. The van der Waals surface area contributed by atoms with E-state index in [-0.39, 0.29) is 5.91 Å². The van der Waals surface area contributed by atoms with Crippen LogP contribution in [0.15, 0.2) is 42.5 Å². The molecule has 22 heavy (non-hydrogen) atoms. The Morgan fingerprint density at radius 2 is 1.86 bits per heavy atom. The van der Waals surface area contributed by atoms with Crippen LogP contribution in [-0.2, 0) is 11.2 Å².